The van der Waals surface area contributed by atoms with Gasteiger partial charge in [-0.1, -0.05) is 36.4 Å². The van der Waals surface area contributed by atoms with Crippen LogP contribution in [0.4, 0.5) is 0 Å². The van der Waals surface area contributed by atoms with Gasteiger partial charge in [0.05, 0.1) is 4.90 Å². The lowest BCUT2D eigenvalue weighted by molar-refractivity contribution is -0.125. The van der Waals surface area contributed by atoms with Crippen LogP contribution < -0.4 is 5.32 Å². The van der Waals surface area contributed by atoms with Crippen LogP contribution in [-0.4, -0.2) is 44.0 Å². The van der Waals surface area contributed by atoms with Crippen molar-refractivity contribution in [3.05, 3.63) is 65.7 Å². The summed E-state index contributed by atoms with van der Waals surface area (Å²) in [5.74, 6) is -0.512. The average Bonchev–Trinajstić information content (AvgIpc) is 3.15. The second kappa shape index (κ2) is 7.92. The van der Waals surface area contributed by atoms with Gasteiger partial charge in [0.2, 0.25) is 5.91 Å². The van der Waals surface area contributed by atoms with Gasteiger partial charge in [-0.25, -0.2) is 8.42 Å². The van der Waals surface area contributed by atoms with Gasteiger partial charge in [-0.15, -0.1) is 0 Å². The Labute approximate surface area is 159 Å². The first-order valence-corrected chi connectivity index (χ1v) is 10.7. The van der Waals surface area contributed by atoms with Crippen LogP contribution in [0.15, 0.2) is 59.5 Å². The van der Waals surface area contributed by atoms with Gasteiger partial charge in [0.1, 0.15) is 6.04 Å². The molecular weight excluding hydrogens is 364 g/mol. The topological polar surface area (TPSA) is 83.6 Å². The number of likely N-dealkylation sites (tertiary alicyclic amines) is 1. The molecule has 0 aliphatic carbocycles. The smallest absolute Gasteiger partial charge is 0.254 e. The molecule has 1 aliphatic rings. The van der Waals surface area contributed by atoms with Crippen molar-refractivity contribution in [2.24, 2.45) is 0 Å². The lowest BCUT2D eigenvalue weighted by Gasteiger charge is -2.24. The molecule has 0 aromatic heterocycles. The molecule has 0 saturated carbocycles. The van der Waals surface area contributed by atoms with Crippen LogP contribution in [0.5, 0.6) is 0 Å². The number of nitrogens with zero attached hydrogens (tertiary/aromatic N) is 1. The summed E-state index contributed by atoms with van der Waals surface area (Å²) in [6.07, 6.45) is 2.44. The summed E-state index contributed by atoms with van der Waals surface area (Å²) in [5, 5.41) is 2.88. The number of sulfone groups is 1. The van der Waals surface area contributed by atoms with Crippen molar-refractivity contribution in [2.45, 2.75) is 30.3 Å². The van der Waals surface area contributed by atoms with Crippen LogP contribution in [0.3, 0.4) is 0 Å². The van der Waals surface area contributed by atoms with Crippen LogP contribution in [0.2, 0.25) is 0 Å². The van der Waals surface area contributed by atoms with E-state index in [9.17, 15) is 18.0 Å². The second-order valence-electron chi connectivity index (χ2n) is 6.66. The van der Waals surface area contributed by atoms with E-state index in [0.29, 0.717) is 19.5 Å². The molecule has 0 spiro atoms. The van der Waals surface area contributed by atoms with Gasteiger partial charge in [-0.05, 0) is 36.6 Å². The molecule has 2 amide bonds. The third-order valence-electron chi connectivity index (χ3n) is 4.64. The molecule has 1 heterocycles. The van der Waals surface area contributed by atoms with E-state index in [0.717, 1.165) is 18.2 Å². The number of nitrogens with one attached hydrogen (secondary N) is 1. The van der Waals surface area contributed by atoms with Crippen LogP contribution in [-0.2, 0) is 21.2 Å². The Kier molecular flexibility index (Phi) is 5.60. The highest BCUT2D eigenvalue weighted by Gasteiger charge is 2.34. The second-order valence-corrected chi connectivity index (χ2v) is 8.68. The van der Waals surface area contributed by atoms with Crippen molar-refractivity contribution >= 4 is 21.7 Å². The van der Waals surface area contributed by atoms with Crippen molar-refractivity contribution in [1.82, 2.24) is 10.2 Å². The molecule has 7 heteroatoms. The molecule has 0 radical (unpaired) electrons. The van der Waals surface area contributed by atoms with Crippen molar-refractivity contribution in [2.75, 3.05) is 12.8 Å². The molecule has 2 aromatic carbocycles. The highest BCUT2D eigenvalue weighted by atomic mass is 32.2. The van der Waals surface area contributed by atoms with Gasteiger partial charge in [-0.3, -0.25) is 9.59 Å². The summed E-state index contributed by atoms with van der Waals surface area (Å²) >= 11 is 0. The third kappa shape index (κ3) is 4.54. The maximum absolute atomic E-state index is 12.9. The molecule has 0 unspecified atom stereocenters. The molecule has 2 aromatic rings. The number of carbonyl (C=O) groups excluding carboxylic acids is 2. The quantitative estimate of drug-likeness (QED) is 0.852. The maximum atomic E-state index is 12.9. The van der Waals surface area contributed by atoms with E-state index >= 15 is 0 Å². The summed E-state index contributed by atoms with van der Waals surface area (Å²) in [7, 11) is -3.40. The molecule has 142 valence electrons. The van der Waals surface area contributed by atoms with Crippen LogP contribution >= 0.6 is 0 Å². The molecule has 1 N–H and O–H groups in total. The summed E-state index contributed by atoms with van der Waals surface area (Å²) in [6, 6.07) is 15.0. The zero-order valence-corrected chi connectivity index (χ0v) is 15.9. The molecule has 0 bridgehead atoms. The maximum Gasteiger partial charge on any atom is 0.254 e. The molecule has 6 nitrogen and oxygen atoms in total. The summed E-state index contributed by atoms with van der Waals surface area (Å²) < 4.78 is 23.5. The number of hydrogen-bond donors (Lipinski definition) is 1. The SMILES string of the molecule is CS(=O)(=O)c1cccc(C(=O)N2CCC[C@H]2C(=O)NCc2ccccc2)c1. The molecular formula is C20H22N2O4S. The van der Waals surface area contributed by atoms with E-state index in [1.165, 1.54) is 17.0 Å². The number of benzene rings is 2. The van der Waals surface area contributed by atoms with E-state index in [-0.39, 0.29) is 22.3 Å². The van der Waals surface area contributed by atoms with Crippen molar-refractivity contribution in [3.8, 4) is 0 Å². The van der Waals surface area contributed by atoms with Gasteiger partial charge in [0, 0.05) is 24.9 Å². The van der Waals surface area contributed by atoms with Gasteiger partial charge < -0.3 is 10.2 Å². The number of hydrogen-bond acceptors (Lipinski definition) is 4. The van der Waals surface area contributed by atoms with Crippen molar-refractivity contribution in [3.63, 3.8) is 0 Å². The van der Waals surface area contributed by atoms with E-state index in [4.69, 9.17) is 0 Å². The summed E-state index contributed by atoms with van der Waals surface area (Å²) in [4.78, 5) is 27.1. The predicted molar refractivity (Wildman–Crippen MR) is 102 cm³/mol. The Hall–Kier alpha value is -2.67. The summed E-state index contributed by atoms with van der Waals surface area (Å²) in [6.45, 7) is 0.882. The molecule has 3 rings (SSSR count). The minimum atomic E-state index is -3.40. The fourth-order valence-electron chi connectivity index (χ4n) is 3.21. The third-order valence-corrected chi connectivity index (χ3v) is 5.75. The molecule has 1 fully saturated rings. The Balaban J connectivity index is 1.72. The van der Waals surface area contributed by atoms with Gasteiger partial charge >= 0.3 is 0 Å². The summed E-state index contributed by atoms with van der Waals surface area (Å²) in [5.41, 5.74) is 1.27. The number of amides is 2. The van der Waals surface area contributed by atoms with Gasteiger partial charge in [-0.2, -0.15) is 0 Å². The largest absolute Gasteiger partial charge is 0.350 e. The zero-order valence-electron chi connectivity index (χ0n) is 15.1. The average molecular weight is 386 g/mol. The normalized spacial score (nSPS) is 16.9. The monoisotopic (exact) mass is 386 g/mol. The first kappa shape index (κ1) is 19.1. The first-order chi connectivity index (χ1) is 12.9. The Bertz CT molecular complexity index is 941. The molecule has 1 saturated heterocycles. The fraction of sp³-hybridized carbons (Fsp3) is 0.300. The van der Waals surface area contributed by atoms with E-state index < -0.39 is 15.9 Å². The lowest BCUT2D eigenvalue weighted by Crippen LogP contribution is -2.45. The van der Waals surface area contributed by atoms with E-state index in [2.05, 4.69) is 5.32 Å². The number of carbonyl (C=O) groups is 2. The Morgan fingerprint density at radius 3 is 2.56 bits per heavy atom. The van der Waals surface area contributed by atoms with Crippen molar-refractivity contribution < 1.29 is 18.0 Å². The number of rotatable bonds is 5. The van der Waals surface area contributed by atoms with Crippen LogP contribution in [0.25, 0.3) is 0 Å². The van der Waals surface area contributed by atoms with E-state index in [1.807, 2.05) is 30.3 Å². The Morgan fingerprint density at radius 1 is 1.11 bits per heavy atom. The molecule has 1 atom stereocenters. The van der Waals surface area contributed by atoms with Crippen LogP contribution in [0.1, 0.15) is 28.8 Å². The Morgan fingerprint density at radius 2 is 1.85 bits per heavy atom. The molecule has 1 aliphatic heterocycles. The zero-order chi connectivity index (χ0) is 19.4. The lowest BCUT2D eigenvalue weighted by atomic mass is 10.1. The highest BCUT2D eigenvalue weighted by Crippen LogP contribution is 2.22. The standard InChI is InChI=1S/C20H22N2O4S/c1-27(25,26)17-10-5-9-16(13-17)20(24)22-12-6-11-18(22)19(23)21-14-15-7-3-2-4-8-15/h2-5,7-10,13,18H,6,11-12,14H2,1H3,(H,21,23)/t18-/m0/s1. The van der Waals surface area contributed by atoms with Crippen molar-refractivity contribution in [1.29, 1.82) is 0 Å². The molecule has 27 heavy (non-hydrogen) atoms. The van der Waals surface area contributed by atoms with Gasteiger partial charge in [0.25, 0.3) is 5.91 Å². The first-order valence-electron chi connectivity index (χ1n) is 8.79. The van der Waals surface area contributed by atoms with E-state index in [1.54, 1.807) is 12.1 Å². The minimum Gasteiger partial charge on any atom is -0.350 e. The minimum absolute atomic E-state index is 0.0950. The predicted octanol–water partition coefficient (Wildman–Crippen LogP) is 2.01. The van der Waals surface area contributed by atoms with Crippen LogP contribution in [0, 0.1) is 0 Å². The highest BCUT2D eigenvalue weighted by molar-refractivity contribution is 7.90. The fourth-order valence-corrected chi connectivity index (χ4v) is 3.88. The van der Waals surface area contributed by atoms with Gasteiger partial charge in [0.15, 0.2) is 9.84 Å².